The van der Waals surface area contributed by atoms with Gasteiger partial charge in [-0.15, -0.1) is 0 Å². The van der Waals surface area contributed by atoms with Crippen LogP contribution < -0.4 is 10.1 Å². The lowest BCUT2D eigenvalue weighted by Gasteiger charge is -2.09. The first-order valence-corrected chi connectivity index (χ1v) is 9.52. The molecule has 0 aliphatic heterocycles. The van der Waals surface area contributed by atoms with Crippen molar-refractivity contribution in [2.75, 3.05) is 18.2 Å². The van der Waals surface area contributed by atoms with E-state index < -0.39 is 0 Å². The molecule has 1 aromatic heterocycles. The van der Waals surface area contributed by atoms with Crippen LogP contribution >= 0.6 is 11.8 Å². The molecule has 0 fully saturated rings. The van der Waals surface area contributed by atoms with Crippen LogP contribution in [0, 0.1) is 13.8 Å². The van der Waals surface area contributed by atoms with Crippen LogP contribution in [-0.2, 0) is 4.79 Å². The second-order valence-electron chi connectivity index (χ2n) is 6.06. The number of carbonyl (C=O) groups excluding carboxylic acids is 1. The van der Waals surface area contributed by atoms with Crippen LogP contribution in [-0.4, -0.2) is 28.7 Å². The number of amides is 1. The number of carbonyl (C=O) groups is 1. The lowest BCUT2D eigenvalue weighted by molar-refractivity contribution is -0.113. The molecule has 0 spiro atoms. The lowest BCUT2D eigenvalue weighted by atomic mass is 10.1. The van der Waals surface area contributed by atoms with Crippen molar-refractivity contribution in [3.8, 4) is 17.0 Å². The Balaban J connectivity index is 1.69. The molecule has 0 radical (unpaired) electrons. The van der Waals surface area contributed by atoms with Gasteiger partial charge in [0.05, 0.1) is 18.6 Å². The quantitative estimate of drug-likeness (QED) is 0.505. The van der Waals surface area contributed by atoms with Gasteiger partial charge < -0.3 is 10.1 Å². The molecule has 0 saturated carbocycles. The number of para-hydroxylation sites is 1. The Morgan fingerprint density at radius 1 is 1.07 bits per heavy atom. The summed E-state index contributed by atoms with van der Waals surface area (Å²) < 4.78 is 5.19. The van der Waals surface area contributed by atoms with E-state index in [0.29, 0.717) is 5.16 Å². The normalized spacial score (nSPS) is 10.5. The number of thioether (sulfide) groups is 1. The smallest absolute Gasteiger partial charge is 0.234 e. The zero-order valence-corrected chi connectivity index (χ0v) is 16.3. The molecule has 0 saturated heterocycles. The van der Waals surface area contributed by atoms with Crippen LogP contribution in [0.25, 0.3) is 11.3 Å². The Bertz CT molecular complexity index is 942. The van der Waals surface area contributed by atoms with Crippen LogP contribution in [0.15, 0.2) is 59.8 Å². The zero-order valence-electron chi connectivity index (χ0n) is 15.5. The van der Waals surface area contributed by atoms with E-state index in [2.05, 4.69) is 15.3 Å². The van der Waals surface area contributed by atoms with Gasteiger partial charge in [-0.2, -0.15) is 0 Å². The van der Waals surface area contributed by atoms with Crippen molar-refractivity contribution >= 4 is 23.4 Å². The van der Waals surface area contributed by atoms with Gasteiger partial charge in [-0.1, -0.05) is 30.0 Å². The summed E-state index contributed by atoms with van der Waals surface area (Å²) in [4.78, 5) is 21.3. The standard InChI is InChI=1S/C21H21N3O2S/c1-14-6-4-5-7-18(14)23-20(25)13-27-21-22-15(2)12-19(24-21)16-8-10-17(26-3)11-9-16/h4-12H,13H2,1-3H3,(H,23,25). The molecule has 1 heterocycles. The molecule has 3 aromatic rings. The number of anilines is 1. The molecule has 0 bridgehead atoms. The third-order valence-electron chi connectivity index (χ3n) is 3.97. The first-order valence-electron chi connectivity index (χ1n) is 8.53. The lowest BCUT2D eigenvalue weighted by Crippen LogP contribution is -2.15. The van der Waals surface area contributed by atoms with E-state index in [1.165, 1.54) is 11.8 Å². The van der Waals surface area contributed by atoms with Crippen molar-refractivity contribution in [3.05, 3.63) is 65.9 Å². The number of ether oxygens (including phenoxy) is 1. The monoisotopic (exact) mass is 379 g/mol. The largest absolute Gasteiger partial charge is 0.497 e. The maximum atomic E-state index is 12.2. The number of nitrogens with zero attached hydrogens (tertiary/aromatic N) is 2. The minimum atomic E-state index is -0.0783. The summed E-state index contributed by atoms with van der Waals surface area (Å²) >= 11 is 1.33. The summed E-state index contributed by atoms with van der Waals surface area (Å²) in [6.45, 7) is 3.89. The van der Waals surface area contributed by atoms with Crippen LogP contribution in [0.3, 0.4) is 0 Å². The highest BCUT2D eigenvalue weighted by Crippen LogP contribution is 2.24. The van der Waals surface area contributed by atoms with Crippen LogP contribution in [0.1, 0.15) is 11.3 Å². The first-order chi connectivity index (χ1) is 13.0. The van der Waals surface area contributed by atoms with Gasteiger partial charge in [-0.3, -0.25) is 4.79 Å². The van der Waals surface area contributed by atoms with Crippen LogP contribution in [0.4, 0.5) is 5.69 Å². The van der Waals surface area contributed by atoms with Crippen molar-refractivity contribution in [2.24, 2.45) is 0 Å². The Kier molecular flexibility index (Phi) is 6.08. The van der Waals surface area contributed by atoms with Crippen LogP contribution in [0.5, 0.6) is 5.75 Å². The van der Waals surface area contributed by atoms with Gasteiger partial charge in [0.25, 0.3) is 0 Å². The Hall–Kier alpha value is -2.86. The highest BCUT2D eigenvalue weighted by atomic mass is 32.2. The minimum absolute atomic E-state index is 0.0783. The molecule has 0 atom stereocenters. The highest BCUT2D eigenvalue weighted by Gasteiger charge is 2.10. The molecule has 5 nitrogen and oxygen atoms in total. The van der Waals surface area contributed by atoms with E-state index in [1.807, 2.05) is 68.4 Å². The molecule has 138 valence electrons. The predicted octanol–water partition coefficient (Wildman–Crippen LogP) is 4.50. The van der Waals surface area contributed by atoms with E-state index in [0.717, 1.165) is 34.0 Å². The van der Waals surface area contributed by atoms with Crippen molar-refractivity contribution in [3.63, 3.8) is 0 Å². The van der Waals surface area contributed by atoms with Gasteiger partial charge in [-0.25, -0.2) is 9.97 Å². The van der Waals surface area contributed by atoms with E-state index in [-0.39, 0.29) is 11.7 Å². The molecule has 1 amide bonds. The van der Waals surface area contributed by atoms with Crippen molar-refractivity contribution < 1.29 is 9.53 Å². The van der Waals surface area contributed by atoms with Gasteiger partial charge in [0.1, 0.15) is 5.75 Å². The number of rotatable bonds is 6. The molecule has 0 aliphatic carbocycles. The maximum Gasteiger partial charge on any atom is 0.234 e. The number of nitrogens with one attached hydrogen (secondary N) is 1. The van der Waals surface area contributed by atoms with Gasteiger partial charge in [0.15, 0.2) is 5.16 Å². The van der Waals surface area contributed by atoms with Gasteiger partial charge in [-0.05, 0) is 55.8 Å². The molecular weight excluding hydrogens is 358 g/mol. The number of aromatic nitrogens is 2. The van der Waals surface area contributed by atoms with Gasteiger partial charge in [0.2, 0.25) is 5.91 Å². The Labute approximate surface area is 163 Å². The second kappa shape index (κ2) is 8.68. The molecule has 2 aromatic carbocycles. The van der Waals surface area contributed by atoms with Gasteiger partial charge >= 0.3 is 0 Å². The van der Waals surface area contributed by atoms with E-state index in [9.17, 15) is 4.79 Å². The van der Waals surface area contributed by atoms with Gasteiger partial charge in [0, 0.05) is 16.9 Å². The summed E-state index contributed by atoms with van der Waals surface area (Å²) in [6, 6.07) is 17.3. The SMILES string of the molecule is COc1ccc(-c2cc(C)nc(SCC(=O)Nc3ccccc3C)n2)cc1. The minimum Gasteiger partial charge on any atom is -0.497 e. The molecule has 3 rings (SSSR count). The second-order valence-corrected chi connectivity index (χ2v) is 7.00. The molecular formula is C21H21N3O2S. The van der Waals surface area contributed by atoms with Crippen molar-refractivity contribution in [1.29, 1.82) is 0 Å². The summed E-state index contributed by atoms with van der Waals surface area (Å²) in [6.07, 6.45) is 0. The topological polar surface area (TPSA) is 64.1 Å². The van der Waals surface area contributed by atoms with E-state index in [4.69, 9.17) is 4.74 Å². The number of benzene rings is 2. The third-order valence-corrected chi connectivity index (χ3v) is 4.82. The number of aryl methyl sites for hydroxylation is 2. The Morgan fingerprint density at radius 2 is 1.81 bits per heavy atom. The zero-order chi connectivity index (χ0) is 19.2. The fraction of sp³-hybridized carbons (Fsp3) is 0.190. The highest BCUT2D eigenvalue weighted by molar-refractivity contribution is 7.99. The van der Waals surface area contributed by atoms with Crippen LogP contribution in [0.2, 0.25) is 0 Å². The summed E-state index contributed by atoms with van der Waals surface area (Å²) in [7, 11) is 1.64. The van der Waals surface area contributed by atoms with Crippen molar-refractivity contribution in [1.82, 2.24) is 9.97 Å². The predicted molar refractivity (Wildman–Crippen MR) is 109 cm³/mol. The summed E-state index contributed by atoms with van der Waals surface area (Å²) in [5.74, 6) is 0.970. The molecule has 0 aliphatic rings. The van der Waals surface area contributed by atoms with Crippen molar-refractivity contribution in [2.45, 2.75) is 19.0 Å². The summed E-state index contributed by atoms with van der Waals surface area (Å²) in [5, 5.41) is 3.51. The van der Waals surface area contributed by atoms with E-state index in [1.54, 1.807) is 7.11 Å². The average Bonchev–Trinajstić information content (AvgIpc) is 2.68. The molecule has 27 heavy (non-hydrogen) atoms. The first kappa shape index (κ1) is 18.9. The fourth-order valence-corrected chi connectivity index (χ4v) is 3.25. The molecule has 1 N–H and O–H groups in total. The number of hydrogen-bond acceptors (Lipinski definition) is 5. The number of methoxy groups -OCH3 is 1. The average molecular weight is 379 g/mol. The molecule has 6 heteroatoms. The maximum absolute atomic E-state index is 12.2. The Morgan fingerprint density at radius 3 is 2.52 bits per heavy atom. The molecule has 0 unspecified atom stereocenters. The number of hydrogen-bond donors (Lipinski definition) is 1. The fourth-order valence-electron chi connectivity index (χ4n) is 2.55. The summed E-state index contributed by atoms with van der Waals surface area (Å²) in [5.41, 5.74) is 4.52. The third kappa shape index (κ3) is 5.08. The van der Waals surface area contributed by atoms with E-state index >= 15 is 0 Å².